The molecule has 0 unspecified atom stereocenters. The van der Waals surface area contributed by atoms with Crippen molar-refractivity contribution in [2.75, 3.05) is 19.8 Å². The summed E-state index contributed by atoms with van der Waals surface area (Å²) in [4.78, 5) is 11.8. The van der Waals surface area contributed by atoms with Crippen molar-refractivity contribution >= 4 is 5.91 Å². The fraction of sp³-hybridized carbons (Fsp3) is 0.562. The number of hydrogen-bond acceptors (Lipinski definition) is 3. The zero-order valence-electron chi connectivity index (χ0n) is 12.5. The van der Waals surface area contributed by atoms with Crippen LogP contribution in [0.3, 0.4) is 0 Å². The minimum atomic E-state index is -0.492. The van der Waals surface area contributed by atoms with Crippen LogP contribution in [0.25, 0.3) is 0 Å². The molecule has 0 aliphatic heterocycles. The average molecular weight is 278 g/mol. The van der Waals surface area contributed by atoms with Gasteiger partial charge in [0, 0.05) is 19.8 Å². The first-order chi connectivity index (χ1) is 9.59. The molecule has 0 radical (unpaired) electrons. The standard InChI is InChI=1S/C16H26N2O2/c1-13(2)12-20-10-6-9-18-16(19)15(17)11-14-7-4-3-5-8-14/h3-5,7-8,13,15H,6,9-12,17H2,1-2H3,(H,18,19)/t15-/m0/s1. The maximum Gasteiger partial charge on any atom is 0.237 e. The molecule has 20 heavy (non-hydrogen) atoms. The maximum atomic E-state index is 11.8. The normalized spacial score (nSPS) is 12.4. The van der Waals surface area contributed by atoms with E-state index in [0.29, 0.717) is 25.5 Å². The Kier molecular flexibility index (Phi) is 7.92. The van der Waals surface area contributed by atoms with E-state index in [2.05, 4.69) is 19.2 Å². The number of amides is 1. The first-order valence-electron chi connectivity index (χ1n) is 7.24. The summed E-state index contributed by atoms with van der Waals surface area (Å²) in [5.41, 5.74) is 6.97. The van der Waals surface area contributed by atoms with Gasteiger partial charge in [-0.3, -0.25) is 4.79 Å². The number of nitrogens with one attached hydrogen (secondary N) is 1. The largest absolute Gasteiger partial charge is 0.381 e. The van der Waals surface area contributed by atoms with Gasteiger partial charge in [-0.1, -0.05) is 44.2 Å². The Morgan fingerprint density at radius 2 is 2.00 bits per heavy atom. The van der Waals surface area contributed by atoms with Crippen molar-refractivity contribution in [1.29, 1.82) is 0 Å². The lowest BCUT2D eigenvalue weighted by molar-refractivity contribution is -0.122. The molecular weight excluding hydrogens is 252 g/mol. The van der Waals surface area contributed by atoms with Crippen molar-refractivity contribution < 1.29 is 9.53 Å². The summed E-state index contributed by atoms with van der Waals surface area (Å²) in [6, 6.07) is 9.32. The highest BCUT2D eigenvalue weighted by atomic mass is 16.5. The van der Waals surface area contributed by atoms with Crippen LogP contribution in [0.15, 0.2) is 30.3 Å². The number of ether oxygens (including phenoxy) is 1. The molecule has 1 aromatic carbocycles. The van der Waals surface area contributed by atoms with Crippen LogP contribution in [0.2, 0.25) is 0 Å². The fourth-order valence-corrected chi connectivity index (χ4v) is 1.80. The Hall–Kier alpha value is -1.39. The van der Waals surface area contributed by atoms with E-state index >= 15 is 0 Å². The zero-order chi connectivity index (χ0) is 14.8. The average Bonchev–Trinajstić information content (AvgIpc) is 2.43. The highest BCUT2D eigenvalue weighted by Gasteiger charge is 2.12. The Balaban J connectivity index is 2.13. The monoisotopic (exact) mass is 278 g/mol. The molecule has 0 heterocycles. The van der Waals surface area contributed by atoms with Crippen molar-refractivity contribution in [3.05, 3.63) is 35.9 Å². The topological polar surface area (TPSA) is 64.3 Å². The molecule has 0 aliphatic carbocycles. The van der Waals surface area contributed by atoms with Gasteiger partial charge in [0.1, 0.15) is 0 Å². The smallest absolute Gasteiger partial charge is 0.237 e. The molecule has 0 saturated carbocycles. The molecule has 4 heteroatoms. The van der Waals surface area contributed by atoms with Gasteiger partial charge in [0.2, 0.25) is 5.91 Å². The van der Waals surface area contributed by atoms with Crippen molar-refractivity contribution in [2.45, 2.75) is 32.7 Å². The number of benzene rings is 1. The molecule has 0 bridgehead atoms. The van der Waals surface area contributed by atoms with E-state index in [4.69, 9.17) is 10.5 Å². The molecule has 1 aromatic rings. The highest BCUT2D eigenvalue weighted by Crippen LogP contribution is 2.01. The Morgan fingerprint density at radius 1 is 1.30 bits per heavy atom. The molecular formula is C16H26N2O2. The summed E-state index contributed by atoms with van der Waals surface area (Å²) in [5, 5.41) is 2.85. The Morgan fingerprint density at radius 3 is 2.65 bits per heavy atom. The van der Waals surface area contributed by atoms with Gasteiger partial charge in [-0.2, -0.15) is 0 Å². The van der Waals surface area contributed by atoms with Gasteiger partial charge in [0.15, 0.2) is 0 Å². The van der Waals surface area contributed by atoms with Gasteiger partial charge in [-0.05, 0) is 24.3 Å². The van der Waals surface area contributed by atoms with E-state index in [1.807, 2.05) is 30.3 Å². The summed E-state index contributed by atoms with van der Waals surface area (Å²) < 4.78 is 5.45. The molecule has 1 amide bonds. The van der Waals surface area contributed by atoms with Gasteiger partial charge in [0.05, 0.1) is 6.04 Å². The predicted octanol–water partition coefficient (Wildman–Crippen LogP) is 1.74. The summed E-state index contributed by atoms with van der Waals surface area (Å²) in [7, 11) is 0. The van der Waals surface area contributed by atoms with Crippen LogP contribution in [0.5, 0.6) is 0 Å². The number of carbonyl (C=O) groups excluding carboxylic acids is 1. The molecule has 0 spiro atoms. The van der Waals surface area contributed by atoms with Crippen molar-refractivity contribution in [2.24, 2.45) is 11.7 Å². The molecule has 1 atom stereocenters. The van der Waals surface area contributed by atoms with Crippen molar-refractivity contribution in [3.63, 3.8) is 0 Å². The van der Waals surface area contributed by atoms with Crippen LogP contribution in [0.1, 0.15) is 25.8 Å². The van der Waals surface area contributed by atoms with Crippen LogP contribution < -0.4 is 11.1 Å². The summed E-state index contributed by atoms with van der Waals surface area (Å²) >= 11 is 0. The number of rotatable bonds is 9. The first kappa shape index (κ1) is 16.7. The van der Waals surface area contributed by atoms with Gasteiger partial charge < -0.3 is 15.8 Å². The zero-order valence-corrected chi connectivity index (χ0v) is 12.5. The van der Waals surface area contributed by atoms with E-state index in [-0.39, 0.29) is 5.91 Å². The van der Waals surface area contributed by atoms with E-state index in [9.17, 15) is 4.79 Å². The Labute approximate surface area is 121 Å². The van der Waals surface area contributed by atoms with Crippen LogP contribution >= 0.6 is 0 Å². The van der Waals surface area contributed by atoms with Gasteiger partial charge in [-0.15, -0.1) is 0 Å². The number of carbonyl (C=O) groups is 1. The van der Waals surface area contributed by atoms with Gasteiger partial charge >= 0.3 is 0 Å². The van der Waals surface area contributed by atoms with Crippen LogP contribution in [0.4, 0.5) is 0 Å². The van der Waals surface area contributed by atoms with Gasteiger partial charge in [0.25, 0.3) is 0 Å². The Bertz CT molecular complexity index is 379. The lowest BCUT2D eigenvalue weighted by Gasteiger charge is -2.12. The number of hydrogen-bond donors (Lipinski definition) is 2. The van der Waals surface area contributed by atoms with E-state index < -0.39 is 6.04 Å². The molecule has 3 N–H and O–H groups in total. The molecule has 4 nitrogen and oxygen atoms in total. The quantitative estimate of drug-likeness (QED) is 0.676. The van der Waals surface area contributed by atoms with Crippen molar-refractivity contribution in [3.8, 4) is 0 Å². The minimum Gasteiger partial charge on any atom is -0.381 e. The minimum absolute atomic E-state index is 0.0993. The number of nitrogens with two attached hydrogens (primary N) is 1. The lowest BCUT2D eigenvalue weighted by atomic mass is 10.1. The second-order valence-corrected chi connectivity index (χ2v) is 5.41. The molecule has 0 aliphatic rings. The first-order valence-corrected chi connectivity index (χ1v) is 7.24. The SMILES string of the molecule is CC(C)COCCCNC(=O)[C@@H](N)Cc1ccccc1. The van der Waals surface area contributed by atoms with Crippen molar-refractivity contribution in [1.82, 2.24) is 5.32 Å². The third-order valence-electron chi connectivity index (χ3n) is 2.85. The second-order valence-electron chi connectivity index (χ2n) is 5.41. The van der Waals surface area contributed by atoms with Gasteiger partial charge in [-0.25, -0.2) is 0 Å². The second kappa shape index (κ2) is 9.50. The molecule has 0 saturated heterocycles. The highest BCUT2D eigenvalue weighted by molar-refractivity contribution is 5.81. The molecule has 0 aromatic heterocycles. The van der Waals surface area contributed by atoms with Crippen LogP contribution in [-0.2, 0) is 16.0 Å². The molecule has 1 rings (SSSR count). The fourth-order valence-electron chi connectivity index (χ4n) is 1.80. The van der Waals surface area contributed by atoms with Crippen LogP contribution in [0, 0.1) is 5.92 Å². The summed E-state index contributed by atoms with van der Waals surface area (Å²) in [6.07, 6.45) is 1.38. The van der Waals surface area contributed by atoms with E-state index in [1.165, 1.54) is 0 Å². The summed E-state index contributed by atoms with van der Waals surface area (Å²) in [5.74, 6) is 0.446. The third kappa shape index (κ3) is 7.26. The predicted molar refractivity (Wildman–Crippen MR) is 81.4 cm³/mol. The molecule has 0 fully saturated rings. The van der Waals surface area contributed by atoms with E-state index in [0.717, 1.165) is 18.6 Å². The van der Waals surface area contributed by atoms with E-state index in [1.54, 1.807) is 0 Å². The molecule has 112 valence electrons. The third-order valence-corrected chi connectivity index (χ3v) is 2.85. The lowest BCUT2D eigenvalue weighted by Crippen LogP contribution is -2.42. The summed E-state index contributed by atoms with van der Waals surface area (Å²) in [6.45, 7) is 6.28. The van der Waals surface area contributed by atoms with Crippen LogP contribution in [-0.4, -0.2) is 31.7 Å². The maximum absolute atomic E-state index is 11.8.